The third-order valence-electron chi connectivity index (χ3n) is 2.92. The third-order valence-corrected chi connectivity index (χ3v) is 6.09. The van der Waals surface area contributed by atoms with E-state index in [9.17, 15) is 0 Å². The van der Waals surface area contributed by atoms with Gasteiger partial charge >= 0.3 is 129 Å². The monoisotopic (exact) mass is 372 g/mol. The van der Waals surface area contributed by atoms with E-state index in [1.807, 2.05) is 0 Å². The Morgan fingerprint density at radius 1 is 1.05 bits per heavy atom. The molecule has 19 heavy (non-hydrogen) atoms. The third kappa shape index (κ3) is 8.30. The molecule has 0 bridgehead atoms. The minimum atomic E-state index is -0.164. The Hall–Kier alpha value is -0.510. The zero-order valence-electron chi connectivity index (χ0n) is 12.3. The van der Waals surface area contributed by atoms with Crippen LogP contribution in [0.4, 0.5) is 0 Å². The van der Waals surface area contributed by atoms with E-state index in [1.54, 1.807) is 7.23 Å². The zero-order valence-corrected chi connectivity index (χ0v) is 14.6. The minimum absolute atomic E-state index is 0.164. The second-order valence-corrected chi connectivity index (χ2v) is 8.12. The van der Waals surface area contributed by atoms with Crippen LogP contribution in [0.3, 0.4) is 0 Å². The van der Waals surface area contributed by atoms with Crippen molar-refractivity contribution in [1.82, 2.24) is 0 Å². The summed E-state index contributed by atoms with van der Waals surface area (Å²) in [6, 6.07) is 11.0. The number of hydrogen-bond donors (Lipinski definition) is 0. The molecule has 1 aromatic rings. The zero-order chi connectivity index (χ0) is 13.8. The molecule has 0 unspecified atom stereocenters. The number of rotatable bonds is 9. The van der Waals surface area contributed by atoms with Crippen LogP contribution in [0, 0.1) is 0 Å². The Kier molecular flexibility index (Phi) is 9.86. The van der Waals surface area contributed by atoms with E-state index >= 15 is 0 Å². The van der Waals surface area contributed by atoms with Crippen molar-refractivity contribution in [1.29, 1.82) is 0 Å². The molecular formula is C18H26Te. The first-order valence-electron chi connectivity index (χ1n) is 7.45. The molecule has 0 aliphatic rings. The maximum atomic E-state index is 2.38. The molecule has 0 heterocycles. The fourth-order valence-corrected chi connectivity index (χ4v) is 4.67. The molecule has 0 aromatic heterocycles. The normalized spacial score (nSPS) is 12.2. The summed E-state index contributed by atoms with van der Waals surface area (Å²) >= 11 is -0.164. The van der Waals surface area contributed by atoms with Gasteiger partial charge in [0.1, 0.15) is 0 Å². The van der Waals surface area contributed by atoms with Crippen molar-refractivity contribution in [2.45, 2.75) is 52.4 Å². The van der Waals surface area contributed by atoms with E-state index in [2.05, 4.69) is 62.4 Å². The number of unbranched alkanes of at least 4 members (excludes halogenated alkanes) is 3. The summed E-state index contributed by atoms with van der Waals surface area (Å²) < 4.78 is 3.25. The number of allylic oxidation sites excluding steroid dienone is 4. The van der Waals surface area contributed by atoms with Gasteiger partial charge in [0.15, 0.2) is 0 Å². The molecule has 1 aromatic carbocycles. The van der Waals surface area contributed by atoms with Gasteiger partial charge in [0, 0.05) is 0 Å². The van der Waals surface area contributed by atoms with Crippen LogP contribution in [0.2, 0.25) is 0 Å². The molecule has 104 valence electrons. The van der Waals surface area contributed by atoms with E-state index in [-0.39, 0.29) is 20.9 Å². The fraction of sp³-hybridized carbons (Fsp3) is 0.444. The van der Waals surface area contributed by atoms with Crippen molar-refractivity contribution in [3.8, 4) is 0 Å². The first-order valence-corrected chi connectivity index (χ1v) is 9.78. The van der Waals surface area contributed by atoms with Crippen LogP contribution in [0.5, 0.6) is 0 Å². The first-order chi connectivity index (χ1) is 9.36. The number of hydrogen-bond acceptors (Lipinski definition) is 0. The average Bonchev–Trinajstić information content (AvgIpc) is 2.44. The summed E-state index contributed by atoms with van der Waals surface area (Å²) in [5.41, 5.74) is 0. The van der Waals surface area contributed by atoms with E-state index in [4.69, 9.17) is 0 Å². The van der Waals surface area contributed by atoms with Crippen LogP contribution in [0.25, 0.3) is 0 Å². The van der Waals surface area contributed by atoms with Crippen LogP contribution in [0.15, 0.2) is 52.2 Å². The van der Waals surface area contributed by atoms with Gasteiger partial charge in [0.05, 0.1) is 0 Å². The predicted octanol–water partition coefficient (Wildman–Crippen LogP) is 4.84. The molecule has 0 saturated carbocycles. The second kappa shape index (κ2) is 11.3. The van der Waals surface area contributed by atoms with Crippen molar-refractivity contribution in [2.24, 2.45) is 0 Å². The molecule has 1 rings (SSSR count). The molecule has 0 spiro atoms. The van der Waals surface area contributed by atoms with Crippen molar-refractivity contribution in [2.75, 3.05) is 0 Å². The summed E-state index contributed by atoms with van der Waals surface area (Å²) in [5.74, 6) is 0. The Morgan fingerprint density at radius 2 is 1.84 bits per heavy atom. The van der Waals surface area contributed by atoms with Gasteiger partial charge in [-0.3, -0.25) is 0 Å². The predicted molar refractivity (Wildman–Crippen MR) is 88.1 cm³/mol. The molecule has 1 heteroatoms. The van der Waals surface area contributed by atoms with Crippen molar-refractivity contribution < 1.29 is 0 Å². The molecule has 0 saturated heterocycles. The molecule has 0 aliphatic carbocycles. The summed E-state index contributed by atoms with van der Waals surface area (Å²) in [5, 5.41) is 0. The van der Waals surface area contributed by atoms with E-state index < -0.39 is 0 Å². The Bertz CT molecular complexity index is 376. The van der Waals surface area contributed by atoms with E-state index in [0.29, 0.717) is 0 Å². The fourth-order valence-electron chi connectivity index (χ4n) is 1.85. The van der Waals surface area contributed by atoms with Crippen LogP contribution in [0.1, 0.15) is 52.4 Å². The second-order valence-electron chi connectivity index (χ2n) is 4.70. The van der Waals surface area contributed by atoms with Crippen molar-refractivity contribution in [3.63, 3.8) is 0 Å². The first kappa shape index (κ1) is 16.5. The van der Waals surface area contributed by atoms with Crippen molar-refractivity contribution in [3.05, 3.63) is 52.2 Å². The van der Waals surface area contributed by atoms with Crippen LogP contribution in [-0.2, 0) is 0 Å². The van der Waals surface area contributed by atoms with Gasteiger partial charge in [-0.2, -0.15) is 0 Å². The topological polar surface area (TPSA) is 0 Å². The van der Waals surface area contributed by atoms with Gasteiger partial charge in [-0.05, 0) is 0 Å². The average molecular weight is 370 g/mol. The Morgan fingerprint density at radius 3 is 2.53 bits per heavy atom. The Labute approximate surface area is 129 Å². The van der Waals surface area contributed by atoms with Crippen LogP contribution < -0.4 is 3.61 Å². The summed E-state index contributed by atoms with van der Waals surface area (Å²) in [6.45, 7) is 4.47. The maximum absolute atomic E-state index is 2.38. The van der Waals surface area contributed by atoms with Gasteiger partial charge in [-0.15, -0.1) is 0 Å². The van der Waals surface area contributed by atoms with Gasteiger partial charge in [-0.1, -0.05) is 0 Å². The van der Waals surface area contributed by atoms with E-state index in [1.165, 1.54) is 32.1 Å². The quantitative estimate of drug-likeness (QED) is 0.332. The number of benzene rings is 1. The molecule has 0 nitrogen and oxygen atoms in total. The van der Waals surface area contributed by atoms with Crippen LogP contribution in [-0.4, -0.2) is 20.9 Å². The summed E-state index contributed by atoms with van der Waals surface area (Å²) in [4.78, 5) is 0. The molecule has 0 amide bonds. The molecule has 0 fully saturated rings. The molecule has 0 atom stereocenters. The molecular weight excluding hydrogens is 344 g/mol. The van der Waals surface area contributed by atoms with Gasteiger partial charge < -0.3 is 0 Å². The van der Waals surface area contributed by atoms with Crippen molar-refractivity contribution >= 4 is 24.5 Å². The van der Waals surface area contributed by atoms with E-state index in [0.717, 1.165) is 6.42 Å². The van der Waals surface area contributed by atoms with Gasteiger partial charge in [0.2, 0.25) is 0 Å². The Balaban J connectivity index is 2.54. The van der Waals surface area contributed by atoms with Crippen LogP contribution >= 0.6 is 0 Å². The molecule has 0 N–H and O–H groups in total. The van der Waals surface area contributed by atoms with Gasteiger partial charge in [0.25, 0.3) is 0 Å². The molecule has 0 aliphatic heterocycles. The molecule has 0 radical (unpaired) electrons. The summed E-state index contributed by atoms with van der Waals surface area (Å²) in [7, 11) is 0. The summed E-state index contributed by atoms with van der Waals surface area (Å²) in [6.07, 6.45) is 14.8. The SMILES string of the molecule is CC/C=C/C=C(\CCCCCC)[Te]c1ccccc1. The standard InChI is InChI=1S/C18H26Te/c1-3-5-7-10-14-17(13-9-6-4-2)19-18-15-11-8-12-16-18/h6,8-9,11-13,15-16H,3-5,7,10,14H2,1-2H3/b9-6+,17-13+. The van der Waals surface area contributed by atoms with Gasteiger partial charge in [-0.25, -0.2) is 0 Å².